The number of carbonyl (C=O) groups excluding carboxylic acids is 2. The van der Waals surface area contributed by atoms with Gasteiger partial charge in [-0.25, -0.2) is 0 Å². The number of benzene rings is 3. The summed E-state index contributed by atoms with van der Waals surface area (Å²) in [6.45, 7) is 3.77. The second-order valence-electron chi connectivity index (χ2n) is 8.16. The van der Waals surface area contributed by atoms with Crippen molar-refractivity contribution in [1.29, 1.82) is 0 Å². The molecule has 1 heterocycles. The molecule has 174 valence electrons. The van der Waals surface area contributed by atoms with Crippen molar-refractivity contribution in [2.24, 2.45) is 0 Å². The number of anilines is 1. The summed E-state index contributed by atoms with van der Waals surface area (Å²) in [4.78, 5) is 27.7. The smallest absolute Gasteiger partial charge is 0.300 e. The normalized spacial score (nSPS) is 17.3. The Morgan fingerprint density at radius 1 is 0.941 bits per heavy atom. The van der Waals surface area contributed by atoms with Crippen molar-refractivity contribution in [2.75, 3.05) is 12.0 Å². The molecule has 3 aromatic rings. The molecule has 1 fully saturated rings. The van der Waals surface area contributed by atoms with Gasteiger partial charge in [-0.1, -0.05) is 24.3 Å². The van der Waals surface area contributed by atoms with E-state index in [9.17, 15) is 19.8 Å². The topological polar surface area (TPSA) is 96.3 Å². The van der Waals surface area contributed by atoms with E-state index in [4.69, 9.17) is 9.47 Å². The minimum atomic E-state index is -0.949. The number of rotatable bonds is 6. The number of hydrogen-bond acceptors (Lipinski definition) is 6. The van der Waals surface area contributed by atoms with Gasteiger partial charge in [-0.2, -0.15) is 0 Å². The van der Waals surface area contributed by atoms with Gasteiger partial charge < -0.3 is 19.7 Å². The Morgan fingerprint density at radius 3 is 2.29 bits per heavy atom. The molecular formula is C27H25NO6. The van der Waals surface area contributed by atoms with Crippen LogP contribution in [0.5, 0.6) is 17.2 Å². The van der Waals surface area contributed by atoms with Crippen LogP contribution in [0.25, 0.3) is 5.76 Å². The van der Waals surface area contributed by atoms with Gasteiger partial charge in [0.2, 0.25) is 0 Å². The molecule has 1 aliphatic rings. The molecule has 1 saturated heterocycles. The molecular weight excluding hydrogens is 434 g/mol. The average molecular weight is 459 g/mol. The maximum Gasteiger partial charge on any atom is 0.300 e. The molecule has 3 aromatic carbocycles. The number of aliphatic hydroxyl groups is 1. The van der Waals surface area contributed by atoms with Gasteiger partial charge >= 0.3 is 0 Å². The number of nitrogens with zero attached hydrogens (tertiary/aromatic N) is 1. The van der Waals surface area contributed by atoms with E-state index in [-0.39, 0.29) is 23.2 Å². The number of ether oxygens (including phenoxy) is 2. The maximum atomic E-state index is 13.2. The Balaban J connectivity index is 1.89. The van der Waals surface area contributed by atoms with Crippen LogP contribution in [-0.2, 0) is 9.59 Å². The number of aliphatic hydroxyl groups excluding tert-OH is 1. The van der Waals surface area contributed by atoms with Gasteiger partial charge in [0.1, 0.15) is 23.0 Å². The lowest BCUT2D eigenvalue weighted by Gasteiger charge is -2.25. The number of methoxy groups -OCH3 is 1. The highest BCUT2D eigenvalue weighted by Gasteiger charge is 2.47. The standard InChI is InChI=1S/C27H25NO6/c1-16(2)34-22-9-5-7-18(15-22)25(30)23-24(17-6-4-8-20(29)14-17)28(27(32)26(23)31)19-10-12-21(33-3)13-11-19/h4-16,24,29-30H,1-3H3/b25-23-. The second-order valence-corrected chi connectivity index (χ2v) is 8.16. The number of aromatic hydroxyl groups is 1. The Bertz CT molecular complexity index is 1260. The molecule has 0 bridgehead atoms. The lowest BCUT2D eigenvalue weighted by atomic mass is 9.95. The van der Waals surface area contributed by atoms with Crippen molar-refractivity contribution in [3.05, 3.63) is 89.5 Å². The lowest BCUT2D eigenvalue weighted by Crippen LogP contribution is -2.29. The summed E-state index contributed by atoms with van der Waals surface area (Å²) >= 11 is 0. The third-order valence-electron chi connectivity index (χ3n) is 5.46. The predicted octanol–water partition coefficient (Wildman–Crippen LogP) is 4.81. The van der Waals surface area contributed by atoms with E-state index in [0.717, 1.165) is 0 Å². The first-order valence-electron chi connectivity index (χ1n) is 10.8. The first kappa shape index (κ1) is 22.9. The van der Waals surface area contributed by atoms with E-state index in [0.29, 0.717) is 28.3 Å². The van der Waals surface area contributed by atoms with E-state index < -0.39 is 17.7 Å². The number of hydrogen-bond donors (Lipinski definition) is 2. The Labute approximate surface area is 197 Å². The highest BCUT2D eigenvalue weighted by Crippen LogP contribution is 2.43. The molecule has 34 heavy (non-hydrogen) atoms. The quantitative estimate of drug-likeness (QED) is 0.312. The van der Waals surface area contributed by atoms with Crippen LogP contribution in [0.4, 0.5) is 5.69 Å². The van der Waals surface area contributed by atoms with Gasteiger partial charge in [0.05, 0.1) is 24.8 Å². The van der Waals surface area contributed by atoms with Crippen molar-refractivity contribution in [1.82, 2.24) is 0 Å². The highest BCUT2D eigenvalue weighted by molar-refractivity contribution is 6.51. The molecule has 1 amide bonds. The summed E-state index contributed by atoms with van der Waals surface area (Å²) in [5, 5.41) is 21.3. The van der Waals surface area contributed by atoms with Crippen LogP contribution < -0.4 is 14.4 Å². The molecule has 1 unspecified atom stereocenters. The van der Waals surface area contributed by atoms with Crippen LogP contribution in [0.15, 0.2) is 78.4 Å². The molecule has 0 saturated carbocycles. The van der Waals surface area contributed by atoms with Crippen molar-refractivity contribution in [3.63, 3.8) is 0 Å². The summed E-state index contributed by atoms with van der Waals surface area (Å²) in [7, 11) is 1.53. The molecule has 0 spiro atoms. The average Bonchev–Trinajstić information content (AvgIpc) is 3.09. The van der Waals surface area contributed by atoms with Gasteiger partial charge in [0, 0.05) is 11.3 Å². The zero-order chi connectivity index (χ0) is 24.4. The fourth-order valence-corrected chi connectivity index (χ4v) is 4.00. The predicted molar refractivity (Wildman–Crippen MR) is 128 cm³/mol. The minimum absolute atomic E-state index is 0.0230. The SMILES string of the molecule is COc1ccc(N2C(=O)C(=O)/C(=C(\O)c3cccc(OC(C)C)c3)C2c2cccc(O)c2)cc1. The monoisotopic (exact) mass is 459 g/mol. The van der Waals surface area contributed by atoms with Crippen LogP contribution in [0.2, 0.25) is 0 Å². The number of ketones is 1. The van der Waals surface area contributed by atoms with Gasteiger partial charge in [0.15, 0.2) is 0 Å². The summed E-state index contributed by atoms with van der Waals surface area (Å²) in [5.41, 5.74) is 1.20. The summed E-state index contributed by atoms with van der Waals surface area (Å²) in [6, 6.07) is 18.7. The summed E-state index contributed by atoms with van der Waals surface area (Å²) < 4.78 is 10.9. The minimum Gasteiger partial charge on any atom is -0.508 e. The second kappa shape index (κ2) is 9.31. The van der Waals surface area contributed by atoms with E-state index in [1.807, 2.05) is 13.8 Å². The van der Waals surface area contributed by atoms with Crippen molar-refractivity contribution in [3.8, 4) is 17.2 Å². The van der Waals surface area contributed by atoms with Crippen molar-refractivity contribution in [2.45, 2.75) is 26.0 Å². The molecule has 0 radical (unpaired) electrons. The molecule has 1 atom stereocenters. The van der Waals surface area contributed by atoms with Crippen LogP contribution >= 0.6 is 0 Å². The fraction of sp³-hybridized carbons (Fsp3) is 0.185. The maximum absolute atomic E-state index is 13.2. The zero-order valence-corrected chi connectivity index (χ0v) is 19.1. The van der Waals surface area contributed by atoms with E-state index in [1.54, 1.807) is 60.7 Å². The number of amides is 1. The van der Waals surface area contributed by atoms with Gasteiger partial charge in [-0.15, -0.1) is 0 Å². The summed E-state index contributed by atoms with van der Waals surface area (Å²) in [6.07, 6.45) is -0.0784. The molecule has 2 N–H and O–H groups in total. The molecule has 7 heteroatoms. The number of phenolic OH excluding ortho intramolecular Hbond substituents is 1. The first-order valence-corrected chi connectivity index (χ1v) is 10.8. The van der Waals surface area contributed by atoms with Crippen molar-refractivity contribution >= 4 is 23.1 Å². The van der Waals surface area contributed by atoms with E-state index in [2.05, 4.69) is 0 Å². The van der Waals surface area contributed by atoms with Crippen LogP contribution in [0.3, 0.4) is 0 Å². The Morgan fingerprint density at radius 2 is 1.65 bits per heavy atom. The lowest BCUT2D eigenvalue weighted by molar-refractivity contribution is -0.132. The number of carbonyl (C=O) groups is 2. The molecule has 7 nitrogen and oxygen atoms in total. The van der Waals surface area contributed by atoms with Gasteiger partial charge in [-0.3, -0.25) is 14.5 Å². The Hall–Kier alpha value is -4.26. The fourth-order valence-electron chi connectivity index (χ4n) is 4.00. The number of phenols is 1. The summed E-state index contributed by atoms with van der Waals surface area (Å²) in [5.74, 6) is -0.831. The molecule has 0 aliphatic carbocycles. The van der Waals surface area contributed by atoms with Gasteiger partial charge in [-0.05, 0) is 67.9 Å². The molecule has 0 aromatic heterocycles. The largest absolute Gasteiger partial charge is 0.508 e. The third kappa shape index (κ3) is 4.32. The third-order valence-corrected chi connectivity index (χ3v) is 5.46. The van der Waals surface area contributed by atoms with Gasteiger partial charge in [0.25, 0.3) is 11.7 Å². The first-order chi connectivity index (χ1) is 16.3. The zero-order valence-electron chi connectivity index (χ0n) is 19.1. The number of Topliss-reactive ketones (excluding diaryl/α,β-unsaturated/α-hetero) is 1. The molecule has 4 rings (SSSR count). The van der Waals surface area contributed by atoms with Crippen LogP contribution in [0, 0.1) is 0 Å². The van der Waals surface area contributed by atoms with Crippen LogP contribution in [-0.4, -0.2) is 35.1 Å². The van der Waals surface area contributed by atoms with Crippen molar-refractivity contribution < 1.29 is 29.3 Å². The molecule has 1 aliphatic heterocycles. The van der Waals surface area contributed by atoms with Crippen LogP contribution in [0.1, 0.15) is 31.0 Å². The van der Waals surface area contributed by atoms with E-state index >= 15 is 0 Å². The highest BCUT2D eigenvalue weighted by atomic mass is 16.5. The Kier molecular flexibility index (Phi) is 6.27. The van der Waals surface area contributed by atoms with E-state index in [1.165, 1.54) is 24.1 Å².